The summed E-state index contributed by atoms with van der Waals surface area (Å²) in [4.78, 5) is 11.6. The number of aryl methyl sites for hydroxylation is 2. The van der Waals surface area contributed by atoms with E-state index in [9.17, 15) is 10.2 Å². The summed E-state index contributed by atoms with van der Waals surface area (Å²) >= 11 is 3.05. The van der Waals surface area contributed by atoms with Crippen molar-refractivity contribution in [3.05, 3.63) is 50.8 Å². The Labute approximate surface area is 162 Å². The summed E-state index contributed by atoms with van der Waals surface area (Å²) in [6.07, 6.45) is 3.79. The molecule has 0 bridgehead atoms. The van der Waals surface area contributed by atoms with E-state index in [1.807, 2.05) is 29.8 Å². The summed E-state index contributed by atoms with van der Waals surface area (Å²) in [7, 11) is 1.70. The van der Waals surface area contributed by atoms with E-state index >= 15 is 0 Å². The number of nitrogens with zero attached hydrogens (tertiary/aromatic N) is 5. The molecule has 0 unspecified atom stereocenters. The van der Waals surface area contributed by atoms with Crippen LogP contribution in [0.5, 0.6) is 11.5 Å². The number of hydrogen-bond acceptors (Lipinski definition) is 7. The number of benzene rings is 1. The monoisotopic (exact) mass is 399 g/mol. The van der Waals surface area contributed by atoms with Gasteiger partial charge in [0, 0.05) is 35.1 Å². The van der Waals surface area contributed by atoms with Crippen LogP contribution in [0.1, 0.15) is 16.3 Å². The van der Waals surface area contributed by atoms with Gasteiger partial charge in [0.2, 0.25) is 4.80 Å². The first-order valence-corrected chi connectivity index (χ1v) is 9.82. The van der Waals surface area contributed by atoms with Gasteiger partial charge in [-0.2, -0.15) is 5.10 Å². The topological polar surface area (TPSA) is 87.4 Å². The second kappa shape index (κ2) is 6.67. The highest BCUT2D eigenvalue weighted by Gasteiger charge is 2.13. The van der Waals surface area contributed by atoms with Gasteiger partial charge in [0.1, 0.15) is 11.5 Å². The predicted octanol–water partition coefficient (Wildman–Crippen LogP) is 3.37. The Kier molecular flexibility index (Phi) is 4.33. The minimum absolute atomic E-state index is 0.00652. The molecule has 0 spiro atoms. The van der Waals surface area contributed by atoms with Crippen molar-refractivity contribution in [3.8, 4) is 22.8 Å². The summed E-state index contributed by atoms with van der Waals surface area (Å²) < 4.78 is 3.70. The Morgan fingerprint density at radius 2 is 2.04 bits per heavy atom. The van der Waals surface area contributed by atoms with E-state index in [1.54, 1.807) is 35.3 Å². The van der Waals surface area contributed by atoms with Crippen LogP contribution in [0.2, 0.25) is 0 Å². The molecule has 0 saturated heterocycles. The zero-order chi connectivity index (χ0) is 19.1. The van der Waals surface area contributed by atoms with Gasteiger partial charge in [-0.15, -0.1) is 22.7 Å². The number of imidazole rings is 1. The third kappa shape index (κ3) is 3.04. The summed E-state index contributed by atoms with van der Waals surface area (Å²) in [6.45, 7) is 4.00. The average molecular weight is 400 g/mol. The molecule has 3 heterocycles. The molecule has 0 aliphatic carbocycles. The minimum atomic E-state index is -0.0178. The fourth-order valence-electron chi connectivity index (χ4n) is 2.83. The Bertz CT molecular complexity index is 1240. The zero-order valence-electron chi connectivity index (χ0n) is 14.9. The second-order valence-electron chi connectivity index (χ2n) is 5.96. The number of hydrogen-bond donors (Lipinski definition) is 2. The molecule has 0 amide bonds. The van der Waals surface area contributed by atoms with Crippen molar-refractivity contribution >= 4 is 33.8 Å². The van der Waals surface area contributed by atoms with E-state index in [4.69, 9.17) is 0 Å². The molecule has 27 heavy (non-hydrogen) atoms. The summed E-state index contributed by atoms with van der Waals surface area (Å²) in [5, 5.41) is 26.3. The van der Waals surface area contributed by atoms with Crippen molar-refractivity contribution in [1.29, 1.82) is 0 Å². The quantitative estimate of drug-likeness (QED) is 0.518. The van der Waals surface area contributed by atoms with Crippen molar-refractivity contribution in [2.24, 2.45) is 10.1 Å². The molecule has 0 saturated carbocycles. The highest BCUT2D eigenvalue weighted by molar-refractivity contribution is 7.17. The molecule has 0 aliphatic rings. The predicted molar refractivity (Wildman–Crippen MR) is 108 cm³/mol. The number of aromatic hydroxyl groups is 2. The molecule has 4 aromatic rings. The van der Waals surface area contributed by atoms with Crippen LogP contribution in [-0.2, 0) is 0 Å². The average Bonchev–Trinajstić information content (AvgIpc) is 3.25. The van der Waals surface area contributed by atoms with Crippen LogP contribution in [0.25, 0.3) is 16.2 Å². The van der Waals surface area contributed by atoms with E-state index in [0.29, 0.717) is 16.1 Å². The van der Waals surface area contributed by atoms with Crippen molar-refractivity contribution < 1.29 is 10.2 Å². The molecular formula is C18H17N5O2S2. The van der Waals surface area contributed by atoms with Crippen LogP contribution < -0.4 is 4.80 Å². The lowest BCUT2D eigenvalue weighted by Crippen LogP contribution is -2.12. The Morgan fingerprint density at radius 1 is 1.22 bits per heavy atom. The summed E-state index contributed by atoms with van der Waals surface area (Å²) in [5.41, 5.74) is 3.05. The van der Waals surface area contributed by atoms with Gasteiger partial charge in [0.15, 0.2) is 4.96 Å². The van der Waals surface area contributed by atoms with E-state index < -0.39 is 0 Å². The third-order valence-corrected chi connectivity index (χ3v) is 5.90. The first kappa shape index (κ1) is 17.5. The first-order valence-electron chi connectivity index (χ1n) is 8.13. The van der Waals surface area contributed by atoms with Crippen LogP contribution in [-0.4, -0.2) is 37.5 Å². The van der Waals surface area contributed by atoms with Gasteiger partial charge < -0.3 is 10.2 Å². The molecule has 2 N–H and O–H groups in total. The van der Waals surface area contributed by atoms with Crippen LogP contribution in [0.15, 0.2) is 39.9 Å². The highest BCUT2D eigenvalue weighted by Crippen LogP contribution is 2.32. The van der Waals surface area contributed by atoms with Crippen molar-refractivity contribution in [2.45, 2.75) is 13.8 Å². The SMILES string of the molecule is CN=c1scc(-c2ccc(O)cc2O)n1/N=C/c1c(C)nc2sc(C)cn12. The van der Waals surface area contributed by atoms with Gasteiger partial charge in [-0.25, -0.2) is 9.66 Å². The first-order chi connectivity index (χ1) is 13.0. The minimum Gasteiger partial charge on any atom is -0.508 e. The van der Waals surface area contributed by atoms with Crippen molar-refractivity contribution in [1.82, 2.24) is 14.1 Å². The normalized spacial score (nSPS) is 12.6. The van der Waals surface area contributed by atoms with Crippen molar-refractivity contribution in [3.63, 3.8) is 0 Å². The van der Waals surface area contributed by atoms with E-state index in [0.717, 1.165) is 16.3 Å². The number of fused-ring (bicyclic) bond motifs is 1. The van der Waals surface area contributed by atoms with Crippen molar-refractivity contribution in [2.75, 3.05) is 7.05 Å². The number of thiazole rings is 2. The Balaban J connectivity index is 1.85. The molecule has 1 aromatic carbocycles. The van der Waals surface area contributed by atoms with Gasteiger partial charge in [0.25, 0.3) is 0 Å². The maximum Gasteiger partial charge on any atom is 0.205 e. The van der Waals surface area contributed by atoms with Gasteiger partial charge in [-0.3, -0.25) is 9.39 Å². The standard InChI is InChI=1S/C18H17N5O2S2/c1-10-8-22-14(11(2)21-18(22)27-10)7-20-23-15(9-26-17(23)19-3)13-5-4-12(24)6-16(13)25/h4-9,24-25H,1-3H3/b19-17?,20-7+. The number of phenolic OH excluding ortho intramolecular Hbond substituents is 2. The van der Waals surface area contributed by atoms with Crippen LogP contribution in [0.4, 0.5) is 0 Å². The molecule has 9 heteroatoms. The smallest absolute Gasteiger partial charge is 0.205 e. The number of rotatable bonds is 3. The van der Waals surface area contributed by atoms with Crippen LogP contribution in [0, 0.1) is 13.8 Å². The summed E-state index contributed by atoms with van der Waals surface area (Å²) in [5.74, 6) is -0.0113. The maximum absolute atomic E-state index is 10.2. The van der Waals surface area contributed by atoms with Gasteiger partial charge in [0.05, 0.1) is 23.3 Å². The van der Waals surface area contributed by atoms with Gasteiger partial charge in [-0.1, -0.05) is 0 Å². The zero-order valence-corrected chi connectivity index (χ0v) is 16.5. The molecule has 0 atom stereocenters. The molecular weight excluding hydrogens is 382 g/mol. The number of phenols is 2. The molecule has 3 aromatic heterocycles. The molecule has 0 aliphatic heterocycles. The third-order valence-electron chi connectivity index (χ3n) is 4.09. The number of aromatic nitrogens is 3. The van der Waals surface area contributed by atoms with E-state index in [1.165, 1.54) is 28.3 Å². The van der Waals surface area contributed by atoms with E-state index in [2.05, 4.69) is 15.1 Å². The lowest BCUT2D eigenvalue weighted by atomic mass is 10.1. The summed E-state index contributed by atoms with van der Waals surface area (Å²) in [6, 6.07) is 4.49. The lowest BCUT2D eigenvalue weighted by molar-refractivity contribution is 0.451. The molecule has 138 valence electrons. The Morgan fingerprint density at radius 3 is 2.78 bits per heavy atom. The fourth-order valence-corrected chi connectivity index (χ4v) is 4.51. The van der Waals surface area contributed by atoms with Crippen LogP contribution in [0.3, 0.4) is 0 Å². The largest absolute Gasteiger partial charge is 0.508 e. The molecule has 7 nitrogen and oxygen atoms in total. The van der Waals surface area contributed by atoms with Crippen LogP contribution >= 0.6 is 22.7 Å². The second-order valence-corrected chi connectivity index (χ2v) is 8.01. The molecule has 0 fully saturated rings. The highest BCUT2D eigenvalue weighted by atomic mass is 32.1. The maximum atomic E-state index is 10.2. The van der Waals surface area contributed by atoms with E-state index in [-0.39, 0.29) is 11.5 Å². The molecule has 4 rings (SSSR count). The van der Waals surface area contributed by atoms with Gasteiger partial charge >= 0.3 is 0 Å². The lowest BCUT2D eigenvalue weighted by Gasteiger charge is -2.06. The Hall–Kier alpha value is -2.91. The van der Waals surface area contributed by atoms with Gasteiger partial charge in [-0.05, 0) is 26.0 Å². The molecule has 0 radical (unpaired) electrons. The fraction of sp³-hybridized carbons (Fsp3) is 0.167.